The van der Waals surface area contributed by atoms with E-state index in [-0.39, 0.29) is 0 Å². The van der Waals surface area contributed by atoms with Crippen LogP contribution < -0.4 is 0 Å². The lowest BCUT2D eigenvalue weighted by Crippen LogP contribution is -2.39. The van der Waals surface area contributed by atoms with Gasteiger partial charge < -0.3 is 4.90 Å². The summed E-state index contributed by atoms with van der Waals surface area (Å²) in [4.78, 5) is 2.62. The van der Waals surface area contributed by atoms with Gasteiger partial charge >= 0.3 is 0 Å². The van der Waals surface area contributed by atoms with Gasteiger partial charge in [0.15, 0.2) is 0 Å². The third-order valence-corrected chi connectivity index (χ3v) is 7.66. The second kappa shape index (κ2) is 11.7. The minimum absolute atomic E-state index is 0.395. The molecular formula is C28H37ClN2. The molecule has 2 atom stereocenters. The van der Waals surface area contributed by atoms with Crippen LogP contribution in [0.1, 0.15) is 69.9 Å². The third-order valence-electron chi connectivity index (χ3n) is 7.41. The third kappa shape index (κ3) is 5.91. The Labute approximate surface area is 194 Å². The molecule has 2 unspecified atom stereocenters. The second-order valence-corrected chi connectivity index (χ2v) is 9.47. The number of halogens is 1. The van der Waals surface area contributed by atoms with Crippen LogP contribution in [0.2, 0.25) is 5.02 Å². The van der Waals surface area contributed by atoms with E-state index in [0.29, 0.717) is 12.0 Å². The molecule has 166 valence electrons. The van der Waals surface area contributed by atoms with Crippen LogP contribution in [0.15, 0.2) is 54.6 Å². The zero-order valence-electron chi connectivity index (χ0n) is 19.2. The SMILES string of the molecule is CCC(CCC(C#N)(c1ccc(Cl)cc1)C1CCCC1)N(CC)CCc1ccccc1. The summed E-state index contributed by atoms with van der Waals surface area (Å²) in [6.45, 7) is 6.68. The summed E-state index contributed by atoms with van der Waals surface area (Å²) in [5.41, 5.74) is 2.16. The predicted octanol–water partition coefficient (Wildman–Crippen LogP) is 7.41. The van der Waals surface area contributed by atoms with E-state index in [9.17, 15) is 5.26 Å². The lowest BCUT2D eigenvalue weighted by molar-refractivity contribution is 0.175. The molecule has 31 heavy (non-hydrogen) atoms. The van der Waals surface area contributed by atoms with Gasteiger partial charge in [-0.1, -0.05) is 80.8 Å². The first-order valence-electron chi connectivity index (χ1n) is 12.1. The zero-order valence-corrected chi connectivity index (χ0v) is 20.0. The van der Waals surface area contributed by atoms with Gasteiger partial charge in [0.25, 0.3) is 0 Å². The fourth-order valence-corrected chi connectivity index (χ4v) is 5.64. The van der Waals surface area contributed by atoms with Crippen LogP contribution in [-0.4, -0.2) is 24.0 Å². The molecule has 0 spiro atoms. The highest BCUT2D eigenvalue weighted by molar-refractivity contribution is 6.30. The highest BCUT2D eigenvalue weighted by atomic mass is 35.5. The summed E-state index contributed by atoms with van der Waals surface area (Å²) >= 11 is 6.17. The van der Waals surface area contributed by atoms with Gasteiger partial charge in [-0.2, -0.15) is 5.26 Å². The van der Waals surface area contributed by atoms with Crippen molar-refractivity contribution >= 4 is 11.6 Å². The van der Waals surface area contributed by atoms with Gasteiger partial charge in [-0.3, -0.25) is 0 Å². The second-order valence-electron chi connectivity index (χ2n) is 9.04. The van der Waals surface area contributed by atoms with Crippen molar-refractivity contribution < 1.29 is 0 Å². The van der Waals surface area contributed by atoms with E-state index in [1.54, 1.807) is 0 Å². The van der Waals surface area contributed by atoms with Gasteiger partial charge in [0.2, 0.25) is 0 Å². The van der Waals surface area contributed by atoms with E-state index in [4.69, 9.17) is 11.6 Å². The molecule has 1 fully saturated rings. The minimum atomic E-state index is -0.395. The van der Waals surface area contributed by atoms with Gasteiger partial charge in [0, 0.05) is 17.6 Å². The molecule has 0 bridgehead atoms. The van der Waals surface area contributed by atoms with Crippen LogP contribution in [0.5, 0.6) is 0 Å². The molecule has 0 N–H and O–H groups in total. The van der Waals surface area contributed by atoms with Crippen molar-refractivity contribution in [2.24, 2.45) is 5.92 Å². The van der Waals surface area contributed by atoms with Crippen LogP contribution >= 0.6 is 11.6 Å². The van der Waals surface area contributed by atoms with E-state index < -0.39 is 5.41 Å². The molecule has 0 aromatic heterocycles. The van der Waals surface area contributed by atoms with Crippen molar-refractivity contribution in [2.45, 2.75) is 76.7 Å². The van der Waals surface area contributed by atoms with Crippen molar-refractivity contribution in [2.75, 3.05) is 13.1 Å². The molecule has 0 radical (unpaired) electrons. The first-order chi connectivity index (χ1) is 15.1. The summed E-state index contributed by atoms with van der Waals surface area (Å²) < 4.78 is 0. The Morgan fingerprint density at radius 3 is 2.32 bits per heavy atom. The molecule has 0 aliphatic heterocycles. The molecule has 2 aromatic carbocycles. The molecule has 3 rings (SSSR count). The summed E-state index contributed by atoms with van der Waals surface area (Å²) in [5, 5.41) is 11.2. The highest BCUT2D eigenvalue weighted by Crippen LogP contribution is 2.45. The number of nitrogens with zero attached hydrogens (tertiary/aromatic N) is 2. The Kier molecular flexibility index (Phi) is 9.00. The number of hydrogen-bond acceptors (Lipinski definition) is 2. The van der Waals surface area contributed by atoms with E-state index in [2.05, 4.69) is 67.3 Å². The summed E-state index contributed by atoms with van der Waals surface area (Å²) in [5.74, 6) is 0.454. The van der Waals surface area contributed by atoms with Crippen molar-refractivity contribution in [3.8, 4) is 6.07 Å². The maximum absolute atomic E-state index is 10.5. The van der Waals surface area contributed by atoms with Gasteiger partial charge in [0.05, 0.1) is 11.5 Å². The molecule has 2 nitrogen and oxygen atoms in total. The Morgan fingerprint density at radius 1 is 1.06 bits per heavy atom. The number of rotatable bonds is 11. The molecule has 3 heteroatoms. The molecule has 1 aliphatic rings. The maximum Gasteiger partial charge on any atom is 0.0851 e. The van der Waals surface area contributed by atoms with Crippen LogP contribution in [0.3, 0.4) is 0 Å². The van der Waals surface area contributed by atoms with Gasteiger partial charge in [-0.25, -0.2) is 0 Å². The summed E-state index contributed by atoms with van der Waals surface area (Å²) in [7, 11) is 0. The van der Waals surface area contributed by atoms with E-state index in [1.807, 2.05) is 12.1 Å². The number of benzene rings is 2. The Balaban J connectivity index is 1.74. The molecule has 1 aliphatic carbocycles. The summed E-state index contributed by atoms with van der Waals surface area (Å²) in [6.07, 6.45) is 9.01. The topological polar surface area (TPSA) is 27.0 Å². The van der Waals surface area contributed by atoms with Gasteiger partial charge in [-0.05, 0) is 74.2 Å². The van der Waals surface area contributed by atoms with Crippen molar-refractivity contribution in [3.63, 3.8) is 0 Å². The smallest absolute Gasteiger partial charge is 0.0851 e. The number of likely N-dealkylation sites (N-methyl/N-ethyl adjacent to an activating group) is 1. The van der Waals surface area contributed by atoms with Crippen molar-refractivity contribution in [1.82, 2.24) is 4.90 Å². The lowest BCUT2D eigenvalue weighted by Gasteiger charge is -2.37. The maximum atomic E-state index is 10.5. The molecule has 0 amide bonds. The van der Waals surface area contributed by atoms with Gasteiger partial charge in [-0.15, -0.1) is 0 Å². The van der Waals surface area contributed by atoms with Crippen molar-refractivity contribution in [3.05, 3.63) is 70.7 Å². The van der Waals surface area contributed by atoms with E-state index in [1.165, 1.54) is 31.2 Å². The average molecular weight is 437 g/mol. The molecule has 0 heterocycles. The van der Waals surface area contributed by atoms with Crippen LogP contribution in [-0.2, 0) is 11.8 Å². The van der Waals surface area contributed by atoms with Crippen molar-refractivity contribution in [1.29, 1.82) is 5.26 Å². The lowest BCUT2D eigenvalue weighted by atomic mass is 9.67. The Hall–Kier alpha value is -1.82. The molecular weight excluding hydrogens is 400 g/mol. The molecule has 2 aromatic rings. The fourth-order valence-electron chi connectivity index (χ4n) is 5.52. The van der Waals surface area contributed by atoms with E-state index >= 15 is 0 Å². The number of hydrogen-bond donors (Lipinski definition) is 0. The predicted molar refractivity (Wildman–Crippen MR) is 131 cm³/mol. The van der Waals surface area contributed by atoms with Crippen LogP contribution in [0.4, 0.5) is 0 Å². The fraction of sp³-hybridized carbons (Fsp3) is 0.536. The average Bonchev–Trinajstić information content (AvgIpc) is 3.35. The first kappa shape index (κ1) is 23.8. The standard InChI is InChI=1S/C28H37ClN2/c1-3-27(31(4-2)21-19-23-10-6-5-7-11-23)18-20-28(22-30,24-12-8-9-13-24)25-14-16-26(29)17-15-25/h5-7,10-11,14-17,24,27H,3-4,8-9,12-13,18-21H2,1-2H3. The van der Waals surface area contributed by atoms with Crippen LogP contribution in [0.25, 0.3) is 0 Å². The zero-order chi connectivity index (χ0) is 22.1. The highest BCUT2D eigenvalue weighted by Gasteiger charge is 2.42. The quantitative estimate of drug-likeness (QED) is 0.366. The van der Waals surface area contributed by atoms with E-state index in [0.717, 1.165) is 49.4 Å². The first-order valence-corrected chi connectivity index (χ1v) is 12.5. The minimum Gasteiger partial charge on any atom is -0.300 e. The molecule has 0 saturated heterocycles. The number of nitriles is 1. The largest absolute Gasteiger partial charge is 0.300 e. The molecule has 1 saturated carbocycles. The normalized spacial score (nSPS) is 17.4. The summed E-state index contributed by atoms with van der Waals surface area (Å²) in [6, 6.07) is 22.2. The Bertz CT molecular complexity index is 820. The Morgan fingerprint density at radius 2 is 1.74 bits per heavy atom. The van der Waals surface area contributed by atoms with Crippen LogP contribution in [0, 0.1) is 17.2 Å². The monoisotopic (exact) mass is 436 g/mol. The van der Waals surface area contributed by atoms with Gasteiger partial charge in [0.1, 0.15) is 0 Å².